The zero-order valence-electron chi connectivity index (χ0n) is 15.6. The van der Waals surface area contributed by atoms with Gasteiger partial charge in [0.05, 0.1) is 23.1 Å². The molecule has 1 aromatic heterocycles. The lowest BCUT2D eigenvalue weighted by Gasteiger charge is -2.13. The number of rotatable bonds is 5. The fourth-order valence-corrected chi connectivity index (χ4v) is 3.37. The lowest BCUT2D eigenvalue weighted by atomic mass is 10.0. The number of aromatic nitrogens is 1. The maximum atomic E-state index is 13.2. The summed E-state index contributed by atoms with van der Waals surface area (Å²) in [6.45, 7) is 3.99. The van der Waals surface area contributed by atoms with Crippen molar-refractivity contribution in [3.8, 4) is 5.69 Å². The highest BCUT2D eigenvalue weighted by molar-refractivity contribution is 6.06. The minimum Gasteiger partial charge on any atom is -0.481 e. The molecule has 0 amide bonds. The monoisotopic (exact) mass is 405 g/mol. The molecule has 2 aromatic carbocycles. The zero-order chi connectivity index (χ0) is 21.5. The summed E-state index contributed by atoms with van der Waals surface area (Å²) < 4.78 is 40.9. The highest BCUT2D eigenvalue weighted by Gasteiger charge is 2.33. The van der Waals surface area contributed by atoms with Gasteiger partial charge in [0.15, 0.2) is 0 Å². The van der Waals surface area contributed by atoms with Crippen molar-refractivity contribution in [2.24, 2.45) is 0 Å². The molecule has 3 aromatic rings. The van der Waals surface area contributed by atoms with Crippen molar-refractivity contribution in [2.45, 2.75) is 32.4 Å². The Kier molecular flexibility index (Phi) is 5.13. The van der Waals surface area contributed by atoms with Crippen molar-refractivity contribution in [3.63, 3.8) is 0 Å². The molecule has 0 radical (unpaired) electrons. The second-order valence-corrected chi connectivity index (χ2v) is 7.01. The molecule has 0 aliphatic heterocycles. The molecule has 1 heterocycles. The van der Waals surface area contributed by atoms with Gasteiger partial charge in [0, 0.05) is 16.8 Å². The van der Waals surface area contributed by atoms with Crippen LogP contribution in [0.2, 0.25) is 0 Å². The number of benzene rings is 2. The van der Waals surface area contributed by atoms with Crippen molar-refractivity contribution in [2.75, 3.05) is 0 Å². The number of fused-ring (bicyclic) bond motifs is 1. The first-order valence-electron chi connectivity index (χ1n) is 8.80. The third kappa shape index (κ3) is 3.83. The van der Waals surface area contributed by atoms with Crippen molar-refractivity contribution in [3.05, 3.63) is 64.8 Å². The number of nitrogens with zero attached hydrogens (tertiary/aromatic N) is 1. The van der Waals surface area contributed by atoms with Gasteiger partial charge in [0.1, 0.15) is 0 Å². The summed E-state index contributed by atoms with van der Waals surface area (Å²) >= 11 is 0. The second-order valence-electron chi connectivity index (χ2n) is 7.01. The number of carboxylic acids is 2. The molecule has 0 fully saturated rings. The molecule has 0 saturated carbocycles. The molecule has 0 aliphatic carbocycles. The van der Waals surface area contributed by atoms with Crippen molar-refractivity contribution >= 4 is 22.8 Å². The third-order valence-electron chi connectivity index (χ3n) is 4.74. The van der Waals surface area contributed by atoms with E-state index in [1.54, 1.807) is 12.1 Å². The molecule has 8 heteroatoms. The lowest BCUT2D eigenvalue weighted by molar-refractivity contribution is -0.138. The summed E-state index contributed by atoms with van der Waals surface area (Å²) in [6.07, 6.45) is -5.30. The van der Waals surface area contributed by atoms with Gasteiger partial charge < -0.3 is 14.8 Å². The summed E-state index contributed by atoms with van der Waals surface area (Å²) in [5.74, 6) is -2.53. The van der Waals surface area contributed by atoms with E-state index in [2.05, 4.69) is 0 Å². The van der Waals surface area contributed by atoms with Gasteiger partial charge in [-0.3, -0.25) is 4.79 Å². The van der Waals surface area contributed by atoms with Crippen molar-refractivity contribution in [1.29, 1.82) is 0 Å². The van der Waals surface area contributed by atoms with E-state index in [-0.39, 0.29) is 22.5 Å². The van der Waals surface area contributed by atoms with Crippen LogP contribution in [0.4, 0.5) is 13.2 Å². The Morgan fingerprint density at radius 1 is 1.03 bits per heavy atom. The zero-order valence-corrected chi connectivity index (χ0v) is 15.6. The van der Waals surface area contributed by atoms with Crippen LogP contribution in [0.25, 0.3) is 16.6 Å². The highest BCUT2D eigenvalue weighted by atomic mass is 19.4. The van der Waals surface area contributed by atoms with E-state index < -0.39 is 35.7 Å². The molecule has 0 aliphatic rings. The quantitative estimate of drug-likeness (QED) is 0.619. The molecule has 0 unspecified atom stereocenters. The normalized spacial score (nSPS) is 11.9. The van der Waals surface area contributed by atoms with E-state index in [0.717, 1.165) is 17.7 Å². The van der Waals surface area contributed by atoms with Gasteiger partial charge >= 0.3 is 18.1 Å². The number of aliphatic carboxylic acids is 1. The maximum absolute atomic E-state index is 13.2. The van der Waals surface area contributed by atoms with Gasteiger partial charge in [0.25, 0.3) is 0 Å². The Balaban J connectivity index is 2.37. The van der Waals surface area contributed by atoms with Crippen molar-refractivity contribution in [1.82, 2.24) is 4.57 Å². The second kappa shape index (κ2) is 7.27. The summed E-state index contributed by atoms with van der Waals surface area (Å²) in [7, 11) is 0. The SMILES string of the molecule is CC(C)c1ccc(-n2c(CC(=O)O)c(C(=O)O)c3cc(C(F)(F)F)ccc32)cc1. The Morgan fingerprint density at radius 2 is 1.66 bits per heavy atom. The van der Waals surface area contributed by atoms with Crippen LogP contribution in [-0.2, 0) is 17.4 Å². The van der Waals surface area contributed by atoms with E-state index in [1.807, 2.05) is 26.0 Å². The number of carboxylic acid groups (broad SMARTS) is 2. The van der Waals surface area contributed by atoms with Crippen LogP contribution in [0.3, 0.4) is 0 Å². The minimum absolute atomic E-state index is 0.0865. The predicted molar refractivity (Wildman–Crippen MR) is 101 cm³/mol. The van der Waals surface area contributed by atoms with Crippen molar-refractivity contribution < 1.29 is 33.0 Å². The Labute approximate surface area is 164 Å². The van der Waals surface area contributed by atoms with E-state index >= 15 is 0 Å². The average Bonchev–Trinajstić information content (AvgIpc) is 2.93. The molecule has 29 heavy (non-hydrogen) atoms. The summed E-state index contributed by atoms with van der Waals surface area (Å²) in [6, 6.07) is 9.82. The van der Waals surface area contributed by atoms with Crippen LogP contribution in [0.1, 0.15) is 46.9 Å². The molecular weight excluding hydrogens is 387 g/mol. The number of hydrogen-bond acceptors (Lipinski definition) is 2. The first kappa shape index (κ1) is 20.4. The fourth-order valence-electron chi connectivity index (χ4n) is 3.37. The number of carbonyl (C=O) groups is 2. The van der Waals surface area contributed by atoms with Crippen LogP contribution in [0.5, 0.6) is 0 Å². The maximum Gasteiger partial charge on any atom is 0.416 e. The van der Waals surface area contributed by atoms with Gasteiger partial charge in [-0.2, -0.15) is 13.2 Å². The van der Waals surface area contributed by atoms with Gasteiger partial charge in [-0.05, 0) is 41.8 Å². The average molecular weight is 405 g/mol. The van der Waals surface area contributed by atoms with E-state index in [0.29, 0.717) is 5.69 Å². The van der Waals surface area contributed by atoms with Crippen LogP contribution in [0.15, 0.2) is 42.5 Å². The van der Waals surface area contributed by atoms with Gasteiger partial charge in [-0.15, -0.1) is 0 Å². The smallest absolute Gasteiger partial charge is 0.416 e. The Hall–Kier alpha value is -3.29. The van der Waals surface area contributed by atoms with E-state index in [1.165, 1.54) is 10.6 Å². The number of alkyl halides is 3. The summed E-state index contributed by atoms with van der Waals surface area (Å²) in [5, 5.41) is 18.8. The standard InChI is InChI=1S/C21H18F3NO4/c1-11(2)12-3-6-14(7-4-12)25-16-8-5-13(21(22,23)24)9-15(16)19(20(28)29)17(25)10-18(26)27/h3-9,11H,10H2,1-2H3,(H,26,27)(H,28,29). The first-order chi connectivity index (χ1) is 13.5. The summed E-state index contributed by atoms with van der Waals surface area (Å²) in [4.78, 5) is 23.3. The summed E-state index contributed by atoms with van der Waals surface area (Å²) in [5.41, 5.74) is 0.161. The van der Waals surface area contributed by atoms with Gasteiger partial charge in [-0.1, -0.05) is 26.0 Å². The molecular formula is C21H18F3NO4. The topological polar surface area (TPSA) is 79.5 Å². The predicted octanol–water partition coefficient (Wildman–Crippen LogP) is 5.10. The van der Waals surface area contributed by atoms with Gasteiger partial charge in [-0.25, -0.2) is 4.79 Å². The third-order valence-corrected chi connectivity index (χ3v) is 4.74. The molecule has 2 N–H and O–H groups in total. The van der Waals surface area contributed by atoms with E-state index in [4.69, 9.17) is 0 Å². The largest absolute Gasteiger partial charge is 0.481 e. The van der Waals surface area contributed by atoms with Crippen LogP contribution in [-0.4, -0.2) is 26.7 Å². The van der Waals surface area contributed by atoms with Crippen LogP contribution >= 0.6 is 0 Å². The molecule has 0 atom stereocenters. The minimum atomic E-state index is -4.65. The molecule has 5 nitrogen and oxygen atoms in total. The Morgan fingerprint density at radius 3 is 2.14 bits per heavy atom. The molecule has 152 valence electrons. The molecule has 0 spiro atoms. The van der Waals surface area contributed by atoms with Gasteiger partial charge in [0.2, 0.25) is 0 Å². The number of aromatic carboxylic acids is 1. The van der Waals surface area contributed by atoms with Crippen LogP contribution in [0, 0.1) is 0 Å². The molecule has 3 rings (SSSR count). The highest BCUT2D eigenvalue weighted by Crippen LogP contribution is 2.36. The van der Waals surface area contributed by atoms with Crippen LogP contribution < -0.4 is 0 Å². The molecule has 0 saturated heterocycles. The number of hydrogen-bond donors (Lipinski definition) is 2. The Bertz CT molecular complexity index is 1100. The first-order valence-corrected chi connectivity index (χ1v) is 8.80. The molecule has 0 bridgehead atoms. The lowest BCUT2D eigenvalue weighted by Crippen LogP contribution is -2.11. The number of halogens is 3. The fraction of sp³-hybridized carbons (Fsp3) is 0.238. The van der Waals surface area contributed by atoms with E-state index in [9.17, 15) is 33.0 Å².